The van der Waals surface area contributed by atoms with E-state index in [-0.39, 0.29) is 0 Å². The molecule has 0 amide bonds. The normalized spacial score (nSPS) is 25.1. The summed E-state index contributed by atoms with van der Waals surface area (Å²) < 4.78 is 3.23. The van der Waals surface area contributed by atoms with Crippen LogP contribution in [-0.4, -0.2) is 15.8 Å². The van der Waals surface area contributed by atoms with Gasteiger partial charge in [-0.3, -0.25) is 4.68 Å². The molecule has 0 aliphatic heterocycles. The van der Waals surface area contributed by atoms with Gasteiger partial charge in [-0.25, -0.2) is 0 Å². The minimum Gasteiger partial charge on any atom is -0.327 e. The number of halogens is 1. The lowest BCUT2D eigenvalue weighted by atomic mass is 9.91. The van der Waals surface area contributed by atoms with E-state index in [1.54, 1.807) is 0 Å². The second-order valence-corrected chi connectivity index (χ2v) is 6.24. The summed E-state index contributed by atoms with van der Waals surface area (Å²) in [5.41, 5.74) is 8.80. The number of aryl methyl sites for hydroxylation is 2. The quantitative estimate of drug-likeness (QED) is 0.871. The van der Waals surface area contributed by atoms with Crippen LogP contribution in [0.15, 0.2) is 4.47 Å². The third kappa shape index (κ3) is 2.97. The van der Waals surface area contributed by atoms with Crippen LogP contribution in [0.3, 0.4) is 0 Å². The molecule has 1 heterocycles. The van der Waals surface area contributed by atoms with Crippen molar-refractivity contribution < 1.29 is 0 Å². The fourth-order valence-corrected chi connectivity index (χ4v) is 3.73. The Bertz CT molecular complexity index is 400. The second-order valence-electron chi connectivity index (χ2n) is 5.45. The maximum absolute atomic E-state index is 6.32. The first-order valence-electron chi connectivity index (χ1n) is 7.09. The summed E-state index contributed by atoms with van der Waals surface area (Å²) in [5, 5.41) is 4.57. The minimum absolute atomic E-state index is 0.361. The van der Waals surface area contributed by atoms with Gasteiger partial charge in [0.1, 0.15) is 0 Å². The fraction of sp³-hybridized carbons (Fsp3) is 0.786. The molecule has 0 saturated heterocycles. The number of nitrogens with zero attached hydrogens (tertiary/aromatic N) is 2. The van der Waals surface area contributed by atoms with Gasteiger partial charge in [0.25, 0.3) is 0 Å². The highest BCUT2D eigenvalue weighted by atomic mass is 79.9. The maximum atomic E-state index is 6.32. The highest BCUT2D eigenvalue weighted by Crippen LogP contribution is 2.29. The van der Waals surface area contributed by atoms with E-state index < -0.39 is 0 Å². The van der Waals surface area contributed by atoms with E-state index in [0.717, 1.165) is 18.5 Å². The van der Waals surface area contributed by atoms with Gasteiger partial charge in [0.15, 0.2) is 0 Å². The van der Waals surface area contributed by atoms with Gasteiger partial charge < -0.3 is 5.73 Å². The molecule has 0 aromatic carbocycles. The van der Waals surface area contributed by atoms with Crippen LogP contribution in [0.5, 0.6) is 0 Å². The summed E-state index contributed by atoms with van der Waals surface area (Å²) in [4.78, 5) is 0. The highest BCUT2D eigenvalue weighted by Gasteiger charge is 2.24. The van der Waals surface area contributed by atoms with Crippen LogP contribution in [0.25, 0.3) is 0 Å². The molecule has 2 atom stereocenters. The summed E-state index contributed by atoms with van der Waals surface area (Å²) >= 11 is 3.70. The predicted molar refractivity (Wildman–Crippen MR) is 78.5 cm³/mol. The molecule has 1 saturated carbocycles. The van der Waals surface area contributed by atoms with Gasteiger partial charge in [-0.1, -0.05) is 26.2 Å². The Morgan fingerprint density at radius 1 is 1.33 bits per heavy atom. The summed E-state index contributed by atoms with van der Waals surface area (Å²) in [5.74, 6) is 0.615. The van der Waals surface area contributed by atoms with Crippen molar-refractivity contribution in [3.8, 4) is 0 Å². The second kappa shape index (κ2) is 6.20. The molecule has 3 nitrogen and oxygen atoms in total. The maximum Gasteiger partial charge on any atom is 0.0766 e. The van der Waals surface area contributed by atoms with Crippen LogP contribution in [0, 0.1) is 5.92 Å². The molecule has 2 rings (SSSR count). The number of hydrogen-bond acceptors (Lipinski definition) is 2. The molecule has 1 aliphatic carbocycles. The fourth-order valence-electron chi connectivity index (χ4n) is 2.96. The monoisotopic (exact) mass is 313 g/mol. The van der Waals surface area contributed by atoms with E-state index in [2.05, 4.69) is 28.0 Å². The van der Waals surface area contributed by atoms with E-state index in [1.807, 2.05) is 11.7 Å². The van der Waals surface area contributed by atoms with Crippen LogP contribution < -0.4 is 5.73 Å². The van der Waals surface area contributed by atoms with Crippen LogP contribution in [0.4, 0.5) is 0 Å². The van der Waals surface area contributed by atoms with Crippen LogP contribution >= 0.6 is 15.9 Å². The SMILES string of the molecule is CCc1nn(C)c(CC2CCCCCC2N)c1Br. The summed E-state index contributed by atoms with van der Waals surface area (Å²) in [6, 6.07) is 0.361. The topological polar surface area (TPSA) is 43.8 Å². The molecule has 1 aliphatic rings. The summed E-state index contributed by atoms with van der Waals surface area (Å²) in [7, 11) is 2.04. The molecule has 2 N–H and O–H groups in total. The molecule has 0 radical (unpaired) electrons. The predicted octanol–water partition coefficient (Wildman–Crippen LogP) is 3.20. The van der Waals surface area contributed by atoms with Gasteiger partial charge in [0.05, 0.1) is 15.9 Å². The van der Waals surface area contributed by atoms with Crippen LogP contribution in [0.1, 0.15) is 50.4 Å². The van der Waals surface area contributed by atoms with E-state index in [4.69, 9.17) is 5.73 Å². The number of nitrogens with two attached hydrogens (primary N) is 1. The van der Waals surface area contributed by atoms with Gasteiger partial charge in [-0.05, 0) is 47.5 Å². The number of aromatic nitrogens is 2. The van der Waals surface area contributed by atoms with E-state index >= 15 is 0 Å². The van der Waals surface area contributed by atoms with E-state index in [0.29, 0.717) is 12.0 Å². The van der Waals surface area contributed by atoms with Gasteiger partial charge >= 0.3 is 0 Å². The minimum atomic E-state index is 0.361. The summed E-state index contributed by atoms with van der Waals surface area (Å²) in [6.07, 6.45) is 8.45. The molecule has 2 unspecified atom stereocenters. The Kier molecular flexibility index (Phi) is 4.84. The molecule has 102 valence electrons. The zero-order valence-electron chi connectivity index (χ0n) is 11.5. The molecule has 0 spiro atoms. The van der Waals surface area contributed by atoms with Crippen LogP contribution in [0.2, 0.25) is 0 Å². The smallest absolute Gasteiger partial charge is 0.0766 e. The first kappa shape index (κ1) is 14.1. The summed E-state index contributed by atoms with van der Waals surface area (Å²) in [6.45, 7) is 2.15. The van der Waals surface area contributed by atoms with Crippen LogP contribution in [-0.2, 0) is 19.9 Å². The lowest BCUT2D eigenvalue weighted by Gasteiger charge is -2.21. The standard InChI is InChI=1S/C14H24BrN3/c1-3-12-14(15)13(18(2)17-12)9-10-7-5-4-6-8-11(10)16/h10-11H,3-9,16H2,1-2H3. The zero-order valence-corrected chi connectivity index (χ0v) is 13.0. The Balaban J connectivity index is 2.14. The molecular weight excluding hydrogens is 290 g/mol. The molecule has 1 fully saturated rings. The third-order valence-electron chi connectivity index (χ3n) is 4.18. The zero-order chi connectivity index (χ0) is 13.1. The van der Waals surface area contributed by atoms with Crippen molar-refractivity contribution in [3.63, 3.8) is 0 Å². The van der Waals surface area contributed by atoms with Crippen molar-refractivity contribution in [2.75, 3.05) is 0 Å². The Labute approximate surface area is 118 Å². The van der Waals surface area contributed by atoms with Crippen molar-refractivity contribution in [3.05, 3.63) is 15.9 Å². The molecule has 0 bridgehead atoms. The average molecular weight is 314 g/mol. The first-order valence-corrected chi connectivity index (χ1v) is 7.88. The molecule has 18 heavy (non-hydrogen) atoms. The Morgan fingerprint density at radius 3 is 2.72 bits per heavy atom. The Morgan fingerprint density at radius 2 is 2.06 bits per heavy atom. The van der Waals surface area contributed by atoms with E-state index in [1.165, 1.54) is 42.3 Å². The first-order chi connectivity index (χ1) is 8.63. The molecular formula is C14H24BrN3. The average Bonchev–Trinajstić information content (AvgIpc) is 2.52. The van der Waals surface area contributed by atoms with Crippen molar-refractivity contribution in [2.24, 2.45) is 18.7 Å². The molecule has 1 aromatic heterocycles. The highest BCUT2D eigenvalue weighted by molar-refractivity contribution is 9.10. The van der Waals surface area contributed by atoms with Crippen molar-refractivity contribution in [1.29, 1.82) is 0 Å². The van der Waals surface area contributed by atoms with Gasteiger partial charge in [-0.2, -0.15) is 5.10 Å². The lowest BCUT2D eigenvalue weighted by molar-refractivity contribution is 0.386. The number of hydrogen-bond donors (Lipinski definition) is 1. The third-order valence-corrected chi connectivity index (χ3v) is 5.09. The lowest BCUT2D eigenvalue weighted by Crippen LogP contribution is -2.31. The van der Waals surface area contributed by atoms with Gasteiger partial charge in [-0.15, -0.1) is 0 Å². The van der Waals surface area contributed by atoms with Crippen molar-refractivity contribution >= 4 is 15.9 Å². The molecule has 4 heteroatoms. The number of rotatable bonds is 3. The van der Waals surface area contributed by atoms with Gasteiger partial charge in [0.2, 0.25) is 0 Å². The largest absolute Gasteiger partial charge is 0.327 e. The van der Waals surface area contributed by atoms with Crippen molar-refractivity contribution in [2.45, 2.75) is 57.9 Å². The van der Waals surface area contributed by atoms with Gasteiger partial charge in [0, 0.05) is 13.1 Å². The van der Waals surface area contributed by atoms with E-state index in [9.17, 15) is 0 Å². The van der Waals surface area contributed by atoms with Crippen molar-refractivity contribution in [1.82, 2.24) is 9.78 Å². The molecule has 1 aromatic rings. The Hall–Kier alpha value is -0.350.